The van der Waals surface area contributed by atoms with E-state index in [0.717, 1.165) is 25.0 Å². The Labute approximate surface area is 142 Å². The molecule has 0 bridgehead atoms. The zero-order valence-corrected chi connectivity index (χ0v) is 14.4. The average Bonchev–Trinajstić information content (AvgIpc) is 3.16. The number of amides is 2. The van der Waals surface area contributed by atoms with Gasteiger partial charge in [-0.2, -0.15) is 5.10 Å². The molecule has 1 N–H and O–H groups in total. The Morgan fingerprint density at radius 3 is 2.79 bits per heavy atom. The first-order valence-corrected chi connectivity index (χ1v) is 8.66. The first kappa shape index (κ1) is 17.0. The predicted molar refractivity (Wildman–Crippen MR) is 88.2 cm³/mol. The number of ether oxygens (including phenoxy) is 1. The highest BCUT2D eigenvalue weighted by Gasteiger charge is 2.38. The lowest BCUT2D eigenvalue weighted by Crippen LogP contribution is -2.46. The molecule has 2 atom stereocenters. The topological polar surface area (TPSA) is 76.5 Å². The van der Waals surface area contributed by atoms with E-state index in [9.17, 15) is 9.59 Å². The lowest BCUT2D eigenvalue weighted by Gasteiger charge is -2.28. The molecule has 0 radical (unpaired) electrons. The van der Waals surface area contributed by atoms with Gasteiger partial charge in [0, 0.05) is 33.3 Å². The molecule has 24 heavy (non-hydrogen) atoms. The van der Waals surface area contributed by atoms with Crippen LogP contribution in [0.15, 0.2) is 12.4 Å². The Morgan fingerprint density at radius 2 is 2.17 bits per heavy atom. The van der Waals surface area contributed by atoms with E-state index < -0.39 is 0 Å². The first-order valence-electron chi connectivity index (χ1n) is 8.66. The Balaban J connectivity index is 1.65. The maximum Gasteiger partial charge on any atom is 0.242 e. The summed E-state index contributed by atoms with van der Waals surface area (Å²) in [7, 11) is 1.89. The van der Waals surface area contributed by atoms with Crippen molar-refractivity contribution in [3.05, 3.63) is 18.0 Å². The third-order valence-electron chi connectivity index (χ3n) is 4.74. The van der Waals surface area contributed by atoms with Crippen molar-refractivity contribution in [2.75, 3.05) is 19.7 Å². The minimum Gasteiger partial charge on any atom is -0.376 e. The number of hydrogen-bond acceptors (Lipinski definition) is 4. The molecule has 0 aromatic carbocycles. The number of aryl methyl sites for hydroxylation is 1. The van der Waals surface area contributed by atoms with Gasteiger partial charge in [-0.3, -0.25) is 14.3 Å². The maximum atomic E-state index is 12.5. The summed E-state index contributed by atoms with van der Waals surface area (Å²) < 4.78 is 7.89. The third kappa shape index (κ3) is 4.35. The van der Waals surface area contributed by atoms with Crippen molar-refractivity contribution in [2.45, 2.75) is 44.8 Å². The Morgan fingerprint density at radius 1 is 1.38 bits per heavy atom. The van der Waals surface area contributed by atoms with Crippen LogP contribution in [0.2, 0.25) is 0 Å². The monoisotopic (exact) mass is 334 g/mol. The number of nitrogens with one attached hydrogen (secondary N) is 1. The van der Waals surface area contributed by atoms with Crippen LogP contribution in [0.4, 0.5) is 0 Å². The van der Waals surface area contributed by atoms with E-state index in [0.29, 0.717) is 12.5 Å². The zero-order valence-electron chi connectivity index (χ0n) is 14.4. The molecule has 0 spiro atoms. The van der Waals surface area contributed by atoms with Crippen LogP contribution in [0.25, 0.3) is 0 Å². The number of carbonyl (C=O) groups excluding carboxylic acids is 2. The zero-order chi connectivity index (χ0) is 17.1. The summed E-state index contributed by atoms with van der Waals surface area (Å²) in [6, 6.07) is 0.00853. The molecule has 1 saturated heterocycles. The summed E-state index contributed by atoms with van der Waals surface area (Å²) in [6.07, 6.45) is 7.97. The van der Waals surface area contributed by atoms with E-state index in [1.807, 2.05) is 24.3 Å². The van der Waals surface area contributed by atoms with E-state index in [4.69, 9.17) is 4.74 Å². The molecule has 1 saturated carbocycles. The summed E-state index contributed by atoms with van der Waals surface area (Å²) in [5.41, 5.74) is 1.10. The van der Waals surface area contributed by atoms with Crippen LogP contribution >= 0.6 is 0 Å². The van der Waals surface area contributed by atoms with Crippen LogP contribution in [0, 0.1) is 5.92 Å². The molecular weight excluding hydrogens is 308 g/mol. The van der Waals surface area contributed by atoms with Crippen molar-refractivity contribution in [1.82, 2.24) is 20.0 Å². The minimum atomic E-state index is -0.187. The Bertz CT molecular complexity index is 596. The van der Waals surface area contributed by atoms with Crippen molar-refractivity contribution < 1.29 is 14.3 Å². The fourth-order valence-electron chi connectivity index (χ4n) is 3.24. The van der Waals surface area contributed by atoms with E-state index in [1.54, 1.807) is 4.68 Å². The van der Waals surface area contributed by atoms with Crippen molar-refractivity contribution in [2.24, 2.45) is 13.0 Å². The van der Waals surface area contributed by atoms with Gasteiger partial charge in [-0.25, -0.2) is 0 Å². The largest absolute Gasteiger partial charge is 0.376 e. The first-order chi connectivity index (χ1) is 11.5. The molecule has 1 aliphatic carbocycles. The van der Waals surface area contributed by atoms with Gasteiger partial charge in [-0.1, -0.05) is 0 Å². The van der Waals surface area contributed by atoms with Crippen LogP contribution in [0.5, 0.6) is 0 Å². The van der Waals surface area contributed by atoms with Gasteiger partial charge in [0.2, 0.25) is 11.8 Å². The Hall–Kier alpha value is -1.89. The molecule has 2 aliphatic rings. The molecule has 0 unspecified atom stereocenters. The van der Waals surface area contributed by atoms with Crippen LogP contribution in [-0.4, -0.2) is 58.3 Å². The molecule has 2 fully saturated rings. The number of carbonyl (C=O) groups is 2. The third-order valence-corrected chi connectivity index (χ3v) is 4.74. The lowest BCUT2D eigenvalue weighted by molar-refractivity contribution is -0.134. The number of nitrogens with zero attached hydrogens (tertiary/aromatic N) is 3. The highest BCUT2D eigenvalue weighted by molar-refractivity contribution is 5.84. The van der Waals surface area contributed by atoms with Gasteiger partial charge < -0.3 is 15.0 Å². The molecule has 7 nitrogen and oxygen atoms in total. The van der Waals surface area contributed by atoms with E-state index in [2.05, 4.69) is 10.4 Å². The highest BCUT2D eigenvalue weighted by atomic mass is 16.5. The van der Waals surface area contributed by atoms with Gasteiger partial charge in [0.25, 0.3) is 0 Å². The number of hydrogen-bond donors (Lipinski definition) is 1. The van der Waals surface area contributed by atoms with Crippen molar-refractivity contribution in [1.29, 1.82) is 0 Å². The molecule has 2 heterocycles. The lowest BCUT2D eigenvalue weighted by atomic mass is 10.0. The number of rotatable bonds is 7. The number of likely N-dealkylation sites (tertiary alicyclic amines) is 1. The van der Waals surface area contributed by atoms with Gasteiger partial charge >= 0.3 is 0 Å². The second kappa shape index (κ2) is 7.34. The second-order valence-corrected chi connectivity index (χ2v) is 6.89. The summed E-state index contributed by atoms with van der Waals surface area (Å²) in [5, 5.41) is 6.81. The van der Waals surface area contributed by atoms with E-state index in [-0.39, 0.29) is 30.5 Å². The molecule has 1 aromatic heterocycles. The van der Waals surface area contributed by atoms with Crippen molar-refractivity contribution in [3.8, 4) is 0 Å². The van der Waals surface area contributed by atoms with Crippen LogP contribution in [-0.2, 0) is 27.8 Å². The van der Waals surface area contributed by atoms with E-state index in [1.165, 1.54) is 19.8 Å². The quantitative estimate of drug-likeness (QED) is 0.787. The van der Waals surface area contributed by atoms with E-state index >= 15 is 0 Å². The normalized spacial score (nSPS) is 23.5. The molecule has 132 valence electrons. The smallest absolute Gasteiger partial charge is 0.242 e. The van der Waals surface area contributed by atoms with Crippen molar-refractivity contribution >= 4 is 11.8 Å². The molecule has 1 aliphatic heterocycles. The number of aromatic nitrogens is 2. The summed E-state index contributed by atoms with van der Waals surface area (Å²) in [6.45, 7) is 2.95. The second-order valence-electron chi connectivity index (χ2n) is 6.89. The van der Waals surface area contributed by atoms with Gasteiger partial charge in [0.1, 0.15) is 0 Å². The fourth-order valence-corrected chi connectivity index (χ4v) is 3.24. The molecule has 1 aromatic rings. The SMILES string of the molecule is CC(=O)NCC(=O)N1CC[C@H](OCC2CC2)[C@@H]1Cc1cnn(C)c1. The van der Waals surface area contributed by atoms with Crippen LogP contribution in [0.1, 0.15) is 31.7 Å². The van der Waals surface area contributed by atoms with Gasteiger partial charge in [0.15, 0.2) is 0 Å². The van der Waals surface area contributed by atoms with Gasteiger partial charge in [-0.05, 0) is 37.2 Å². The minimum absolute atomic E-state index is 0.00853. The average molecular weight is 334 g/mol. The predicted octanol–water partition coefficient (Wildman–Crippen LogP) is 0.495. The van der Waals surface area contributed by atoms with Gasteiger partial charge in [0.05, 0.1) is 24.9 Å². The van der Waals surface area contributed by atoms with Crippen LogP contribution in [0.3, 0.4) is 0 Å². The highest BCUT2D eigenvalue weighted by Crippen LogP contribution is 2.31. The molecule has 2 amide bonds. The van der Waals surface area contributed by atoms with Crippen LogP contribution < -0.4 is 5.32 Å². The standard InChI is InChI=1S/C17H26N4O3/c1-12(22)18-9-17(23)21-6-5-16(24-11-13-3-4-13)15(21)7-14-8-19-20(2)10-14/h8,10,13,15-16H,3-7,9,11H2,1-2H3,(H,18,22)/t15-,16-/m0/s1. The van der Waals surface area contributed by atoms with Crippen molar-refractivity contribution in [3.63, 3.8) is 0 Å². The maximum absolute atomic E-state index is 12.5. The fraction of sp³-hybridized carbons (Fsp3) is 0.706. The summed E-state index contributed by atoms with van der Waals surface area (Å²) in [4.78, 5) is 25.4. The van der Waals surface area contributed by atoms with Gasteiger partial charge in [-0.15, -0.1) is 0 Å². The molecule has 7 heteroatoms. The Kier molecular flexibility index (Phi) is 5.18. The summed E-state index contributed by atoms with van der Waals surface area (Å²) in [5.74, 6) is 0.470. The molecule has 3 rings (SSSR count). The summed E-state index contributed by atoms with van der Waals surface area (Å²) >= 11 is 0. The molecular formula is C17H26N4O3.